The molecule has 0 radical (unpaired) electrons. The third kappa shape index (κ3) is 4.29. The molecule has 0 unspecified atom stereocenters. The van der Waals surface area contributed by atoms with Gasteiger partial charge in [-0.05, 0) is 34.2 Å². The van der Waals surface area contributed by atoms with Crippen molar-refractivity contribution < 1.29 is 35.1 Å². The Kier molecular flexibility index (Phi) is 7.85. The van der Waals surface area contributed by atoms with Gasteiger partial charge in [-0.15, -0.1) is 0 Å². The molecule has 9 nitrogen and oxygen atoms in total. The van der Waals surface area contributed by atoms with Crippen LogP contribution in [0.25, 0.3) is 11.1 Å². The van der Waals surface area contributed by atoms with E-state index in [1.165, 1.54) is 13.3 Å². The molecule has 0 aliphatic rings. The molecule has 1 aromatic carbocycles. The molecule has 0 bridgehead atoms. The molecule has 9 heteroatoms. The molecule has 2 rings (SSSR count). The van der Waals surface area contributed by atoms with Gasteiger partial charge in [-0.2, -0.15) is 0 Å². The summed E-state index contributed by atoms with van der Waals surface area (Å²) in [5.41, 5.74) is 2.94. The molecule has 1 heterocycles. The van der Waals surface area contributed by atoms with Gasteiger partial charge in [-0.3, -0.25) is 4.99 Å². The van der Waals surface area contributed by atoms with E-state index >= 15 is 0 Å². The lowest BCUT2D eigenvalue weighted by Gasteiger charge is -2.17. The first-order valence-electron chi connectivity index (χ1n) is 8.58. The van der Waals surface area contributed by atoms with Crippen molar-refractivity contribution in [1.29, 1.82) is 0 Å². The van der Waals surface area contributed by atoms with Gasteiger partial charge in [-0.1, -0.05) is 12.1 Å². The number of carboxylic acid groups (broad SMARTS) is 1. The molecule has 0 saturated carbocycles. The number of nitrogens with one attached hydrogen (secondary N) is 1. The van der Waals surface area contributed by atoms with Crippen molar-refractivity contribution in [2.45, 2.75) is 26.2 Å². The highest BCUT2D eigenvalue weighted by atomic mass is 16.5. The third-order valence-electron chi connectivity index (χ3n) is 4.49. The predicted octanol–water partition coefficient (Wildman–Crippen LogP) is 0.414. The average Bonchev–Trinajstić information content (AvgIpc) is 3.07. The molecular formula is C19H24N2O7. The van der Waals surface area contributed by atoms with Crippen LogP contribution in [0.4, 0.5) is 0 Å². The molecule has 0 atom stereocenters. The summed E-state index contributed by atoms with van der Waals surface area (Å²) in [6.07, 6.45) is 1.59. The minimum absolute atomic E-state index is 0.0490. The normalized spacial score (nSPS) is 11.5. The van der Waals surface area contributed by atoms with Crippen molar-refractivity contribution in [3.05, 3.63) is 45.8 Å². The van der Waals surface area contributed by atoms with Gasteiger partial charge in [0.2, 0.25) is 0 Å². The topological polar surface area (TPSA) is 156 Å². The second-order valence-corrected chi connectivity index (χ2v) is 5.97. The summed E-state index contributed by atoms with van der Waals surface area (Å²) in [5.74, 6) is -1.17. The summed E-state index contributed by atoms with van der Waals surface area (Å²) in [6, 6.07) is 3.26. The van der Waals surface area contributed by atoms with Gasteiger partial charge in [0, 0.05) is 18.9 Å². The largest absolute Gasteiger partial charge is 0.477 e. The summed E-state index contributed by atoms with van der Waals surface area (Å²) < 4.78 is 5.10. The number of hydrogen-bond donors (Lipinski definition) is 6. The zero-order valence-electron chi connectivity index (χ0n) is 15.5. The molecule has 28 heavy (non-hydrogen) atoms. The van der Waals surface area contributed by atoms with E-state index in [4.69, 9.17) is 9.84 Å². The minimum atomic E-state index is -1.17. The highest BCUT2D eigenvalue weighted by Gasteiger charge is 2.25. The molecular weight excluding hydrogens is 368 g/mol. The lowest BCUT2D eigenvalue weighted by Crippen LogP contribution is -2.07. The molecule has 6 N–H and O–H groups in total. The van der Waals surface area contributed by atoms with Crippen LogP contribution in [0.3, 0.4) is 0 Å². The number of rotatable bonds is 10. The molecule has 0 aliphatic carbocycles. The SMILES string of the molecule is COCCc1c(C(=O)O)[nH]c(C=NCO)c1-c1ccc(CO)c(CO)c1CO. The van der Waals surface area contributed by atoms with Gasteiger partial charge < -0.3 is 35.3 Å². The van der Waals surface area contributed by atoms with E-state index in [1.54, 1.807) is 12.1 Å². The summed E-state index contributed by atoms with van der Waals surface area (Å²) in [4.78, 5) is 18.3. The monoisotopic (exact) mass is 392 g/mol. The number of H-pyrrole nitrogens is 1. The van der Waals surface area contributed by atoms with Gasteiger partial charge >= 0.3 is 5.97 Å². The third-order valence-corrected chi connectivity index (χ3v) is 4.49. The quantitative estimate of drug-likeness (QED) is 0.320. The van der Waals surface area contributed by atoms with Gasteiger partial charge in [0.1, 0.15) is 12.4 Å². The Hall–Kier alpha value is -2.56. The molecule has 0 fully saturated rings. The van der Waals surface area contributed by atoms with E-state index in [0.29, 0.717) is 39.1 Å². The number of aliphatic hydroxyl groups is 4. The van der Waals surface area contributed by atoms with Gasteiger partial charge in [0.05, 0.1) is 32.1 Å². The summed E-state index contributed by atoms with van der Waals surface area (Å²) in [7, 11) is 1.50. The van der Waals surface area contributed by atoms with Gasteiger partial charge in [0.25, 0.3) is 0 Å². The fourth-order valence-electron chi connectivity index (χ4n) is 3.23. The number of aromatic carboxylic acids is 1. The second kappa shape index (κ2) is 10.1. The van der Waals surface area contributed by atoms with Crippen LogP contribution < -0.4 is 0 Å². The van der Waals surface area contributed by atoms with E-state index in [1.807, 2.05) is 0 Å². The van der Waals surface area contributed by atoms with Crippen molar-refractivity contribution in [2.75, 3.05) is 20.4 Å². The van der Waals surface area contributed by atoms with Crippen LogP contribution in [-0.2, 0) is 31.0 Å². The molecule has 0 aliphatic heterocycles. The zero-order valence-corrected chi connectivity index (χ0v) is 15.5. The molecule has 1 aromatic heterocycles. The van der Waals surface area contributed by atoms with Crippen molar-refractivity contribution in [1.82, 2.24) is 4.98 Å². The Morgan fingerprint density at radius 3 is 2.36 bits per heavy atom. The first-order valence-corrected chi connectivity index (χ1v) is 8.58. The van der Waals surface area contributed by atoms with Crippen LogP contribution in [0, 0.1) is 0 Å². The number of nitrogens with zero attached hydrogens (tertiary/aromatic N) is 1. The van der Waals surface area contributed by atoms with Crippen molar-refractivity contribution >= 4 is 12.2 Å². The molecule has 152 valence electrons. The van der Waals surface area contributed by atoms with E-state index in [2.05, 4.69) is 9.98 Å². The maximum Gasteiger partial charge on any atom is 0.352 e. The van der Waals surface area contributed by atoms with Crippen LogP contribution in [0.2, 0.25) is 0 Å². The van der Waals surface area contributed by atoms with Crippen LogP contribution in [0.15, 0.2) is 17.1 Å². The lowest BCUT2D eigenvalue weighted by atomic mass is 9.89. The van der Waals surface area contributed by atoms with E-state index in [0.717, 1.165) is 0 Å². The van der Waals surface area contributed by atoms with Crippen LogP contribution in [-0.4, -0.2) is 63.1 Å². The fourth-order valence-corrected chi connectivity index (χ4v) is 3.23. The van der Waals surface area contributed by atoms with Gasteiger partial charge in [-0.25, -0.2) is 4.79 Å². The lowest BCUT2D eigenvalue weighted by molar-refractivity contribution is 0.0689. The Morgan fingerprint density at radius 2 is 1.82 bits per heavy atom. The summed E-state index contributed by atoms with van der Waals surface area (Å²) in [6.45, 7) is -1.35. The number of carboxylic acids is 1. The van der Waals surface area contributed by atoms with Crippen molar-refractivity contribution in [3.8, 4) is 11.1 Å². The zero-order chi connectivity index (χ0) is 20.7. The first-order chi connectivity index (χ1) is 13.5. The van der Waals surface area contributed by atoms with Crippen LogP contribution in [0.5, 0.6) is 0 Å². The highest BCUT2D eigenvalue weighted by molar-refractivity contribution is 5.98. The number of aliphatic imine (C=N–C) groups is 1. The maximum absolute atomic E-state index is 11.7. The Balaban J connectivity index is 2.85. The molecule has 0 amide bonds. The number of hydrogen-bond acceptors (Lipinski definition) is 7. The molecule has 0 saturated heterocycles. The Bertz CT molecular complexity index is 858. The molecule has 2 aromatic rings. The van der Waals surface area contributed by atoms with E-state index < -0.39 is 25.9 Å². The van der Waals surface area contributed by atoms with Crippen molar-refractivity contribution in [3.63, 3.8) is 0 Å². The maximum atomic E-state index is 11.7. The predicted molar refractivity (Wildman–Crippen MR) is 101 cm³/mol. The van der Waals surface area contributed by atoms with E-state index in [9.17, 15) is 25.2 Å². The average molecular weight is 392 g/mol. The number of ether oxygens (including phenoxy) is 1. The number of aromatic nitrogens is 1. The van der Waals surface area contributed by atoms with E-state index in [-0.39, 0.29) is 25.3 Å². The van der Waals surface area contributed by atoms with Crippen LogP contribution >= 0.6 is 0 Å². The number of methoxy groups -OCH3 is 1. The highest BCUT2D eigenvalue weighted by Crippen LogP contribution is 2.35. The summed E-state index contributed by atoms with van der Waals surface area (Å²) >= 11 is 0. The second-order valence-electron chi connectivity index (χ2n) is 5.97. The number of carbonyl (C=O) groups is 1. The smallest absolute Gasteiger partial charge is 0.352 e. The Morgan fingerprint density at radius 1 is 1.11 bits per heavy atom. The summed E-state index contributed by atoms with van der Waals surface area (Å²) in [5, 5.41) is 47.8. The van der Waals surface area contributed by atoms with Gasteiger partial charge in [0.15, 0.2) is 0 Å². The standard InChI is InChI=1S/C19H24N2O7/c1-28-5-4-13-17(16(6-20-10-25)21-18(13)19(26)27)12-3-2-11(7-22)14(8-23)15(12)9-24/h2-3,6,21-25H,4-5,7-10H2,1H3,(H,26,27). The van der Waals surface area contributed by atoms with Crippen LogP contribution in [0.1, 0.15) is 38.4 Å². The Labute approximate surface area is 161 Å². The number of aliphatic hydroxyl groups excluding tert-OH is 4. The fraction of sp³-hybridized carbons (Fsp3) is 0.368. The van der Waals surface area contributed by atoms with Crippen molar-refractivity contribution in [2.24, 2.45) is 4.99 Å². The number of aromatic amines is 1. The minimum Gasteiger partial charge on any atom is -0.477 e. The molecule has 0 spiro atoms. The number of benzene rings is 1. The first kappa shape index (κ1) is 21.7.